The van der Waals surface area contributed by atoms with E-state index in [2.05, 4.69) is 22.4 Å². The topological polar surface area (TPSA) is 37.8 Å². The van der Waals surface area contributed by atoms with Crippen molar-refractivity contribution < 1.29 is 13.2 Å². The molecule has 0 bridgehead atoms. The molecule has 1 saturated carbocycles. The molecular formula is C11H15ClF3N3S. The monoisotopic (exact) mass is 313 g/mol. The van der Waals surface area contributed by atoms with Gasteiger partial charge >= 0.3 is 6.18 Å². The highest BCUT2D eigenvalue weighted by atomic mass is 35.5. The molecule has 1 aromatic heterocycles. The van der Waals surface area contributed by atoms with Gasteiger partial charge in [-0.2, -0.15) is 13.2 Å². The van der Waals surface area contributed by atoms with E-state index in [-0.39, 0.29) is 10.7 Å². The average Bonchev–Trinajstić information content (AvgIpc) is 2.81. The summed E-state index contributed by atoms with van der Waals surface area (Å²) < 4.78 is 37.4. The number of hydrogen-bond acceptors (Lipinski definition) is 4. The Morgan fingerprint density at radius 3 is 2.47 bits per heavy atom. The molecule has 1 aliphatic rings. The molecule has 0 spiro atoms. The lowest BCUT2D eigenvalue weighted by molar-refractivity contribution is -0.138. The highest BCUT2D eigenvalue weighted by Crippen LogP contribution is 2.38. The van der Waals surface area contributed by atoms with Crippen molar-refractivity contribution in [2.24, 2.45) is 5.92 Å². The number of rotatable bonds is 3. The first-order valence-electron chi connectivity index (χ1n) is 6.09. The van der Waals surface area contributed by atoms with Crippen LogP contribution in [0.15, 0.2) is 0 Å². The zero-order valence-corrected chi connectivity index (χ0v) is 12.0. The summed E-state index contributed by atoms with van der Waals surface area (Å²) in [6, 6.07) is 0. The molecule has 1 heterocycles. The minimum absolute atomic E-state index is 0.197. The Bertz CT molecular complexity index is 427. The van der Waals surface area contributed by atoms with E-state index in [4.69, 9.17) is 11.6 Å². The molecule has 1 aliphatic carbocycles. The first-order chi connectivity index (χ1) is 8.85. The maximum absolute atomic E-state index is 12.5. The summed E-state index contributed by atoms with van der Waals surface area (Å²) in [5.41, 5.74) is -0.351. The van der Waals surface area contributed by atoms with Crippen molar-refractivity contribution >= 4 is 28.1 Å². The fourth-order valence-electron chi connectivity index (χ4n) is 2.22. The van der Waals surface area contributed by atoms with Crippen LogP contribution in [0.1, 0.15) is 37.6 Å². The predicted molar refractivity (Wildman–Crippen MR) is 69.6 cm³/mol. The fraction of sp³-hybridized carbons (Fsp3) is 0.818. The zero-order valence-electron chi connectivity index (χ0n) is 10.4. The van der Waals surface area contributed by atoms with E-state index < -0.39 is 11.2 Å². The highest BCUT2D eigenvalue weighted by Gasteiger charge is 2.38. The SMILES string of the molecule is CC1CCC(CCl)(Nc2nnc(C(F)(F)F)s2)CC1. The fourth-order valence-corrected chi connectivity index (χ4v) is 3.29. The van der Waals surface area contributed by atoms with Crippen molar-refractivity contribution in [2.45, 2.75) is 44.3 Å². The van der Waals surface area contributed by atoms with Gasteiger partial charge in [0.2, 0.25) is 10.1 Å². The highest BCUT2D eigenvalue weighted by molar-refractivity contribution is 7.15. The Morgan fingerprint density at radius 2 is 2.00 bits per heavy atom. The molecule has 19 heavy (non-hydrogen) atoms. The second-order valence-corrected chi connectivity index (χ2v) is 6.38. The Hall–Kier alpha value is -0.560. The van der Waals surface area contributed by atoms with Crippen LogP contribution in [-0.2, 0) is 6.18 Å². The Morgan fingerprint density at radius 1 is 1.37 bits per heavy atom. The molecule has 1 aromatic rings. The van der Waals surface area contributed by atoms with Crippen molar-refractivity contribution in [2.75, 3.05) is 11.2 Å². The van der Waals surface area contributed by atoms with Crippen LogP contribution in [0.25, 0.3) is 0 Å². The van der Waals surface area contributed by atoms with Crippen molar-refractivity contribution in [3.8, 4) is 0 Å². The van der Waals surface area contributed by atoms with Gasteiger partial charge in [-0.3, -0.25) is 0 Å². The van der Waals surface area contributed by atoms with Gasteiger partial charge in [0.05, 0.1) is 5.54 Å². The van der Waals surface area contributed by atoms with Gasteiger partial charge in [-0.25, -0.2) is 0 Å². The molecule has 0 radical (unpaired) electrons. The van der Waals surface area contributed by atoms with Gasteiger partial charge in [-0.15, -0.1) is 21.8 Å². The second kappa shape index (κ2) is 5.44. The molecule has 0 amide bonds. The third-order valence-electron chi connectivity index (χ3n) is 3.53. The molecule has 0 aromatic carbocycles. The second-order valence-electron chi connectivity index (χ2n) is 5.13. The summed E-state index contributed by atoms with van der Waals surface area (Å²) >= 11 is 6.53. The van der Waals surface area contributed by atoms with Gasteiger partial charge in [-0.05, 0) is 31.6 Å². The lowest BCUT2D eigenvalue weighted by atomic mass is 9.78. The summed E-state index contributed by atoms with van der Waals surface area (Å²) in [6.07, 6.45) is -0.709. The van der Waals surface area contributed by atoms with Crippen LogP contribution in [0.5, 0.6) is 0 Å². The summed E-state index contributed by atoms with van der Waals surface area (Å²) in [6.45, 7) is 2.17. The standard InChI is InChI=1S/C11H15ClF3N3S/c1-7-2-4-10(6-12,5-3-7)16-9-18-17-8(19-9)11(13,14)15/h7H,2-6H2,1H3,(H,16,18). The molecule has 0 atom stereocenters. The third-order valence-corrected chi connectivity index (χ3v) is 4.92. The molecule has 1 N–H and O–H groups in total. The predicted octanol–water partition coefficient (Wildman–Crippen LogP) is 4.16. The molecule has 1 fully saturated rings. The number of hydrogen-bond donors (Lipinski definition) is 1. The molecule has 2 rings (SSSR count). The van der Waals surface area contributed by atoms with Crippen LogP contribution in [0.2, 0.25) is 0 Å². The van der Waals surface area contributed by atoms with Gasteiger partial charge in [0.1, 0.15) is 0 Å². The minimum atomic E-state index is -4.44. The maximum atomic E-state index is 12.5. The van der Waals surface area contributed by atoms with Gasteiger partial charge in [0.15, 0.2) is 0 Å². The molecule has 0 unspecified atom stereocenters. The number of anilines is 1. The molecule has 108 valence electrons. The van der Waals surface area contributed by atoms with E-state index in [0.717, 1.165) is 25.7 Å². The summed E-state index contributed by atoms with van der Waals surface area (Å²) in [5, 5.41) is 9.08. The first-order valence-corrected chi connectivity index (χ1v) is 7.45. The third kappa shape index (κ3) is 3.51. The lowest BCUT2D eigenvalue weighted by Gasteiger charge is -2.38. The normalized spacial score (nSPS) is 28.4. The van der Waals surface area contributed by atoms with Gasteiger partial charge in [0, 0.05) is 5.88 Å². The molecule has 3 nitrogen and oxygen atoms in total. The Kier molecular flexibility index (Phi) is 4.25. The maximum Gasteiger partial charge on any atom is 0.445 e. The lowest BCUT2D eigenvalue weighted by Crippen LogP contribution is -2.43. The first kappa shape index (κ1) is 14.8. The quantitative estimate of drug-likeness (QED) is 0.852. The van der Waals surface area contributed by atoms with Gasteiger partial charge in [0.25, 0.3) is 0 Å². The van der Waals surface area contributed by atoms with E-state index in [1.807, 2.05) is 0 Å². The van der Waals surface area contributed by atoms with E-state index >= 15 is 0 Å². The Labute approximate surface area is 118 Å². The van der Waals surface area contributed by atoms with E-state index in [1.165, 1.54) is 0 Å². The van der Waals surface area contributed by atoms with Gasteiger partial charge < -0.3 is 5.32 Å². The van der Waals surface area contributed by atoms with E-state index in [9.17, 15) is 13.2 Å². The molecule has 0 aliphatic heterocycles. The van der Waals surface area contributed by atoms with Crippen molar-refractivity contribution in [1.29, 1.82) is 0 Å². The van der Waals surface area contributed by atoms with Crippen LogP contribution < -0.4 is 5.32 Å². The number of nitrogens with one attached hydrogen (secondary N) is 1. The number of aromatic nitrogens is 2. The van der Waals surface area contributed by atoms with Crippen LogP contribution in [0, 0.1) is 5.92 Å². The smallest absolute Gasteiger partial charge is 0.353 e. The summed E-state index contributed by atoms with van der Waals surface area (Å²) in [5.74, 6) is 0.999. The zero-order chi connectivity index (χ0) is 14.1. The summed E-state index contributed by atoms with van der Waals surface area (Å²) in [7, 11) is 0. The largest absolute Gasteiger partial charge is 0.445 e. The summed E-state index contributed by atoms with van der Waals surface area (Å²) in [4.78, 5) is 0. The van der Waals surface area contributed by atoms with Crippen molar-refractivity contribution in [3.63, 3.8) is 0 Å². The van der Waals surface area contributed by atoms with Gasteiger partial charge in [-0.1, -0.05) is 18.3 Å². The average molecular weight is 314 g/mol. The van der Waals surface area contributed by atoms with Crippen molar-refractivity contribution in [3.05, 3.63) is 5.01 Å². The van der Waals surface area contributed by atoms with E-state index in [0.29, 0.717) is 23.1 Å². The Balaban J connectivity index is 2.08. The van der Waals surface area contributed by atoms with Crippen LogP contribution >= 0.6 is 22.9 Å². The minimum Gasteiger partial charge on any atom is -0.353 e. The number of halogens is 4. The van der Waals surface area contributed by atoms with Crippen molar-refractivity contribution in [1.82, 2.24) is 10.2 Å². The number of alkyl halides is 4. The van der Waals surface area contributed by atoms with Crippen LogP contribution in [0.3, 0.4) is 0 Å². The number of nitrogens with zero attached hydrogens (tertiary/aromatic N) is 2. The molecular weight excluding hydrogens is 299 g/mol. The van der Waals surface area contributed by atoms with Crippen LogP contribution in [0.4, 0.5) is 18.3 Å². The molecule has 0 saturated heterocycles. The molecule has 8 heteroatoms. The van der Waals surface area contributed by atoms with Crippen LogP contribution in [-0.4, -0.2) is 21.6 Å². The van der Waals surface area contributed by atoms with E-state index in [1.54, 1.807) is 0 Å².